The zero-order chi connectivity index (χ0) is 19.9. The molecule has 3 aromatic carbocycles. The summed E-state index contributed by atoms with van der Waals surface area (Å²) in [6, 6.07) is 33.3. The molecule has 6 rings (SSSR count). The van der Waals surface area contributed by atoms with Crippen molar-refractivity contribution in [2.24, 2.45) is 0 Å². The Hall–Kier alpha value is -3.76. The van der Waals surface area contributed by atoms with Crippen molar-refractivity contribution in [2.75, 3.05) is 0 Å². The summed E-state index contributed by atoms with van der Waals surface area (Å²) in [6.07, 6.45) is 0. The average molecular weight is 404 g/mol. The molecule has 0 saturated carbocycles. The van der Waals surface area contributed by atoms with E-state index in [1.54, 1.807) is 11.3 Å². The lowest BCUT2D eigenvalue weighted by Crippen LogP contribution is -2.03. The summed E-state index contributed by atoms with van der Waals surface area (Å²) in [7, 11) is 0. The number of nitrogens with zero attached hydrogens (tertiary/aromatic N) is 3. The summed E-state index contributed by atoms with van der Waals surface area (Å²) < 4.78 is 2.19. The van der Waals surface area contributed by atoms with Crippen LogP contribution in [0.2, 0.25) is 0 Å². The molecule has 0 N–H and O–H groups in total. The van der Waals surface area contributed by atoms with Crippen LogP contribution in [0.25, 0.3) is 49.6 Å². The van der Waals surface area contributed by atoms with E-state index in [1.165, 1.54) is 15.6 Å². The van der Waals surface area contributed by atoms with Crippen molar-refractivity contribution in [2.45, 2.75) is 0 Å². The van der Waals surface area contributed by atoms with Gasteiger partial charge in [-0.05, 0) is 23.6 Å². The molecule has 0 amide bonds. The Morgan fingerprint density at radius 1 is 0.600 bits per heavy atom. The molecule has 0 saturated heterocycles. The van der Waals surface area contributed by atoms with Crippen LogP contribution in [0, 0.1) is 0 Å². The Bertz CT molecular complexity index is 1420. The third kappa shape index (κ3) is 2.73. The largest absolute Gasteiger partial charge is 0.269 e. The lowest BCUT2D eigenvalue weighted by atomic mass is 10.1. The molecular formula is C26H17N3S. The van der Waals surface area contributed by atoms with Crippen LogP contribution in [0.1, 0.15) is 0 Å². The van der Waals surface area contributed by atoms with Gasteiger partial charge in [0, 0.05) is 21.9 Å². The van der Waals surface area contributed by atoms with Gasteiger partial charge in [-0.1, -0.05) is 78.9 Å². The molecule has 0 bridgehead atoms. The molecule has 0 spiro atoms. The molecule has 3 aromatic heterocycles. The van der Waals surface area contributed by atoms with Gasteiger partial charge in [-0.15, -0.1) is 11.3 Å². The van der Waals surface area contributed by atoms with Crippen LogP contribution in [0.3, 0.4) is 0 Å². The number of aromatic nitrogens is 3. The molecule has 0 aliphatic heterocycles. The highest BCUT2D eigenvalue weighted by Gasteiger charge is 2.17. The monoisotopic (exact) mass is 403 g/mol. The highest BCUT2D eigenvalue weighted by atomic mass is 32.1. The van der Waals surface area contributed by atoms with Crippen LogP contribution in [-0.4, -0.2) is 14.5 Å². The van der Waals surface area contributed by atoms with Crippen molar-refractivity contribution in [1.82, 2.24) is 14.5 Å². The second kappa shape index (κ2) is 6.94. The van der Waals surface area contributed by atoms with Crippen molar-refractivity contribution in [1.29, 1.82) is 0 Å². The summed E-state index contributed by atoms with van der Waals surface area (Å²) in [5.41, 5.74) is 5.13. The molecule has 142 valence electrons. The topological polar surface area (TPSA) is 30.7 Å². The molecule has 0 atom stereocenters. The summed E-state index contributed by atoms with van der Waals surface area (Å²) in [4.78, 5) is 11.2. The lowest BCUT2D eigenvalue weighted by Gasteiger charge is -2.11. The zero-order valence-electron chi connectivity index (χ0n) is 16.1. The number of hydrogen-bond acceptors (Lipinski definition) is 3. The van der Waals surface area contributed by atoms with Crippen molar-refractivity contribution in [3.05, 3.63) is 102 Å². The Balaban J connectivity index is 1.68. The minimum absolute atomic E-state index is 0.698. The van der Waals surface area contributed by atoms with Crippen LogP contribution in [-0.2, 0) is 0 Å². The fraction of sp³-hybridized carbons (Fsp3) is 0. The first-order valence-electron chi connectivity index (χ1n) is 9.85. The number of thiophene rings is 1. The highest BCUT2D eigenvalue weighted by molar-refractivity contribution is 7.17. The Morgan fingerprint density at radius 2 is 1.20 bits per heavy atom. The van der Waals surface area contributed by atoms with Gasteiger partial charge in [-0.3, -0.25) is 4.57 Å². The fourth-order valence-corrected chi connectivity index (χ4v) is 4.86. The van der Waals surface area contributed by atoms with Gasteiger partial charge in [-0.2, -0.15) is 0 Å². The van der Waals surface area contributed by atoms with E-state index in [-0.39, 0.29) is 0 Å². The van der Waals surface area contributed by atoms with E-state index >= 15 is 0 Å². The van der Waals surface area contributed by atoms with E-state index in [0.29, 0.717) is 5.95 Å². The highest BCUT2D eigenvalue weighted by Crippen LogP contribution is 2.35. The van der Waals surface area contributed by atoms with Crippen molar-refractivity contribution >= 4 is 32.5 Å². The van der Waals surface area contributed by atoms with Crippen molar-refractivity contribution in [3.8, 4) is 28.5 Å². The van der Waals surface area contributed by atoms with Crippen LogP contribution in [0.4, 0.5) is 0 Å². The lowest BCUT2D eigenvalue weighted by molar-refractivity contribution is 1.00. The predicted molar refractivity (Wildman–Crippen MR) is 125 cm³/mol. The number of fused-ring (bicyclic) bond motifs is 3. The van der Waals surface area contributed by atoms with Gasteiger partial charge in [0.25, 0.3) is 0 Å². The van der Waals surface area contributed by atoms with E-state index in [4.69, 9.17) is 9.97 Å². The minimum atomic E-state index is 0.698. The Morgan fingerprint density at radius 3 is 1.87 bits per heavy atom. The fourth-order valence-electron chi connectivity index (χ4n) is 3.93. The molecule has 30 heavy (non-hydrogen) atoms. The Kier molecular flexibility index (Phi) is 3.96. The van der Waals surface area contributed by atoms with Crippen LogP contribution in [0.5, 0.6) is 0 Å². The predicted octanol–water partition coefficient (Wildman–Crippen LogP) is 6.97. The van der Waals surface area contributed by atoms with Gasteiger partial charge in [0.05, 0.1) is 16.9 Å². The summed E-state index contributed by atoms with van der Waals surface area (Å²) in [6.45, 7) is 0. The molecule has 4 heteroatoms. The van der Waals surface area contributed by atoms with E-state index in [9.17, 15) is 0 Å². The van der Waals surface area contributed by atoms with E-state index in [2.05, 4.69) is 70.6 Å². The van der Waals surface area contributed by atoms with Gasteiger partial charge in [0.15, 0.2) is 0 Å². The molecule has 0 fully saturated rings. The van der Waals surface area contributed by atoms with Crippen molar-refractivity contribution in [3.63, 3.8) is 0 Å². The molecule has 0 radical (unpaired) electrons. The third-order valence-corrected chi connectivity index (χ3v) is 6.23. The molecular weight excluding hydrogens is 386 g/mol. The maximum Gasteiger partial charge on any atom is 0.236 e. The second-order valence-electron chi connectivity index (χ2n) is 7.16. The number of hydrogen-bond donors (Lipinski definition) is 0. The van der Waals surface area contributed by atoms with Gasteiger partial charge in [-0.25, -0.2) is 9.97 Å². The van der Waals surface area contributed by atoms with Crippen LogP contribution >= 0.6 is 11.3 Å². The van der Waals surface area contributed by atoms with Gasteiger partial charge in [0.2, 0.25) is 5.95 Å². The second-order valence-corrected chi connectivity index (χ2v) is 8.06. The van der Waals surface area contributed by atoms with Gasteiger partial charge >= 0.3 is 0 Å². The summed E-state index contributed by atoms with van der Waals surface area (Å²) in [5, 5.41) is 4.60. The number of rotatable bonds is 3. The van der Waals surface area contributed by atoms with E-state index in [1.807, 2.05) is 36.4 Å². The quantitative estimate of drug-likeness (QED) is 0.319. The smallest absolute Gasteiger partial charge is 0.236 e. The normalized spacial score (nSPS) is 11.3. The summed E-state index contributed by atoms with van der Waals surface area (Å²) in [5.74, 6) is 0.698. The van der Waals surface area contributed by atoms with Gasteiger partial charge < -0.3 is 0 Å². The number of para-hydroxylation sites is 1. The molecule has 3 nitrogen and oxygen atoms in total. The SMILES string of the molecule is c1ccc(-c2cc(-c3ccccc3)nc(-n3c4ccccc4c4ccsc43)n2)cc1. The molecule has 0 aliphatic rings. The third-order valence-electron chi connectivity index (χ3n) is 5.34. The average Bonchev–Trinajstić information content (AvgIpc) is 3.41. The van der Waals surface area contributed by atoms with E-state index in [0.717, 1.165) is 28.0 Å². The maximum absolute atomic E-state index is 5.01. The number of benzene rings is 3. The molecule has 3 heterocycles. The first-order chi connectivity index (χ1) is 14.9. The Labute approximate surface area is 177 Å². The standard InChI is InChI=1S/C26H17N3S/c1-3-9-18(10-4-1)22-17-23(19-11-5-2-6-12-19)28-26(27-22)29-24-14-8-7-13-20(24)21-15-16-30-25(21)29/h1-17H. The van der Waals surface area contributed by atoms with Crippen LogP contribution < -0.4 is 0 Å². The molecule has 0 unspecified atom stereocenters. The molecule has 6 aromatic rings. The van der Waals surface area contributed by atoms with Crippen molar-refractivity contribution < 1.29 is 0 Å². The van der Waals surface area contributed by atoms with Crippen LogP contribution in [0.15, 0.2) is 102 Å². The first kappa shape index (κ1) is 17.1. The van der Waals surface area contributed by atoms with Gasteiger partial charge in [0.1, 0.15) is 4.83 Å². The minimum Gasteiger partial charge on any atom is -0.269 e. The van der Waals surface area contributed by atoms with E-state index < -0.39 is 0 Å². The maximum atomic E-state index is 5.01. The zero-order valence-corrected chi connectivity index (χ0v) is 16.9. The first-order valence-corrected chi connectivity index (χ1v) is 10.7. The molecule has 0 aliphatic carbocycles. The summed E-state index contributed by atoms with van der Waals surface area (Å²) >= 11 is 1.72.